The van der Waals surface area contributed by atoms with Crippen LogP contribution in [0, 0.1) is 5.92 Å². The highest BCUT2D eigenvalue weighted by atomic mass is 35.5. The fourth-order valence-electron chi connectivity index (χ4n) is 2.94. The van der Waals surface area contributed by atoms with Crippen LogP contribution in [0.1, 0.15) is 37.0 Å². The first-order valence-electron chi connectivity index (χ1n) is 6.89. The molecule has 1 aromatic rings. The number of nitrogen functional groups attached to an aromatic ring is 1. The molecule has 1 saturated heterocycles. The van der Waals surface area contributed by atoms with Crippen molar-refractivity contribution in [1.29, 1.82) is 0 Å². The summed E-state index contributed by atoms with van der Waals surface area (Å²) in [5.74, 6) is 0.0974. The van der Waals surface area contributed by atoms with Crippen LogP contribution in [0.25, 0.3) is 0 Å². The maximum Gasteiger partial charge on any atom is 0.340 e. The molecule has 1 aliphatic heterocycles. The Bertz CT molecular complexity index is 517. The van der Waals surface area contributed by atoms with Gasteiger partial charge in [0.25, 0.3) is 0 Å². The maximum absolute atomic E-state index is 12.0. The molecule has 1 aliphatic rings. The van der Waals surface area contributed by atoms with E-state index in [9.17, 15) is 4.79 Å². The second-order valence-corrected chi connectivity index (χ2v) is 5.94. The molecular weight excluding hydrogens is 276 g/mol. The number of ether oxygens (including phenoxy) is 1. The molecule has 2 rings (SSSR count). The minimum Gasteiger partial charge on any atom is -0.465 e. The number of carbonyl (C=O) groups is 1. The number of methoxy groups -OCH3 is 1. The van der Waals surface area contributed by atoms with Gasteiger partial charge in [0.05, 0.1) is 23.4 Å². The summed E-state index contributed by atoms with van der Waals surface area (Å²) in [6.45, 7) is 5.27. The zero-order valence-corrected chi connectivity index (χ0v) is 12.9. The van der Waals surface area contributed by atoms with E-state index in [-0.39, 0.29) is 0 Å². The number of nitrogens with two attached hydrogens (primary N) is 1. The maximum atomic E-state index is 12.0. The Morgan fingerprint density at radius 3 is 2.80 bits per heavy atom. The molecule has 4 nitrogen and oxygen atoms in total. The lowest BCUT2D eigenvalue weighted by molar-refractivity contribution is 0.0601. The third kappa shape index (κ3) is 2.70. The predicted molar refractivity (Wildman–Crippen MR) is 82.4 cm³/mol. The van der Waals surface area contributed by atoms with Crippen molar-refractivity contribution >= 4 is 28.9 Å². The molecular formula is C15H21ClN2O2. The molecule has 20 heavy (non-hydrogen) atoms. The molecule has 0 bridgehead atoms. The molecule has 0 radical (unpaired) electrons. The zero-order valence-electron chi connectivity index (χ0n) is 12.1. The van der Waals surface area contributed by atoms with Crippen molar-refractivity contribution in [3.05, 3.63) is 22.7 Å². The highest BCUT2D eigenvalue weighted by Gasteiger charge is 2.31. The van der Waals surface area contributed by atoms with Crippen molar-refractivity contribution in [3.8, 4) is 0 Å². The molecule has 2 N–H and O–H groups in total. The lowest BCUT2D eigenvalue weighted by Crippen LogP contribution is -2.34. The minimum atomic E-state index is -0.399. The average molecular weight is 297 g/mol. The van der Waals surface area contributed by atoms with Crippen LogP contribution in [0.15, 0.2) is 12.1 Å². The molecule has 1 fully saturated rings. The number of halogens is 1. The SMILES string of the molecule is COC(=O)c1cc(N)cc(Cl)c1N1CCCC1C(C)C. The molecule has 110 valence electrons. The Hall–Kier alpha value is -1.42. The first-order valence-corrected chi connectivity index (χ1v) is 7.27. The van der Waals surface area contributed by atoms with Gasteiger partial charge in [-0.1, -0.05) is 25.4 Å². The van der Waals surface area contributed by atoms with E-state index >= 15 is 0 Å². The Morgan fingerprint density at radius 2 is 2.20 bits per heavy atom. The Labute approximate surface area is 124 Å². The van der Waals surface area contributed by atoms with Crippen LogP contribution >= 0.6 is 11.6 Å². The van der Waals surface area contributed by atoms with Crippen LogP contribution in [0.4, 0.5) is 11.4 Å². The molecule has 1 heterocycles. The van der Waals surface area contributed by atoms with Crippen molar-refractivity contribution in [2.75, 3.05) is 24.3 Å². The van der Waals surface area contributed by atoms with Crippen molar-refractivity contribution < 1.29 is 9.53 Å². The summed E-state index contributed by atoms with van der Waals surface area (Å²) in [7, 11) is 1.37. The number of nitrogens with zero attached hydrogens (tertiary/aromatic N) is 1. The number of rotatable bonds is 3. The van der Waals surface area contributed by atoms with Crippen LogP contribution in [-0.4, -0.2) is 25.7 Å². The van der Waals surface area contributed by atoms with Gasteiger partial charge in [-0.3, -0.25) is 0 Å². The van der Waals surface area contributed by atoms with Crippen LogP contribution in [0.3, 0.4) is 0 Å². The molecule has 1 unspecified atom stereocenters. The normalized spacial score (nSPS) is 18.6. The molecule has 0 saturated carbocycles. The van der Waals surface area contributed by atoms with Gasteiger partial charge in [0.2, 0.25) is 0 Å². The summed E-state index contributed by atoms with van der Waals surface area (Å²) in [5, 5.41) is 0.512. The largest absolute Gasteiger partial charge is 0.465 e. The lowest BCUT2D eigenvalue weighted by Gasteiger charge is -2.31. The van der Waals surface area contributed by atoms with Gasteiger partial charge in [0.1, 0.15) is 0 Å². The van der Waals surface area contributed by atoms with E-state index in [1.165, 1.54) is 7.11 Å². The van der Waals surface area contributed by atoms with Crippen LogP contribution in [-0.2, 0) is 4.74 Å². The first-order chi connectivity index (χ1) is 9.45. The van der Waals surface area contributed by atoms with E-state index < -0.39 is 5.97 Å². The third-order valence-electron chi connectivity index (χ3n) is 3.85. The molecule has 0 aliphatic carbocycles. The highest BCUT2D eigenvalue weighted by molar-refractivity contribution is 6.34. The Balaban J connectivity index is 2.52. The summed E-state index contributed by atoms with van der Waals surface area (Å²) in [6, 6.07) is 3.72. The van der Waals surface area contributed by atoms with Gasteiger partial charge < -0.3 is 15.4 Å². The van der Waals surface area contributed by atoms with Gasteiger partial charge in [-0.25, -0.2) is 4.79 Å². The van der Waals surface area contributed by atoms with E-state index in [0.29, 0.717) is 28.2 Å². The van der Waals surface area contributed by atoms with Gasteiger partial charge in [-0.15, -0.1) is 0 Å². The highest BCUT2D eigenvalue weighted by Crippen LogP contribution is 2.38. The molecule has 0 spiro atoms. The number of hydrogen-bond donors (Lipinski definition) is 1. The summed E-state index contributed by atoms with van der Waals surface area (Å²) in [5.41, 5.74) is 7.48. The quantitative estimate of drug-likeness (QED) is 0.686. The van der Waals surface area contributed by atoms with Crippen LogP contribution < -0.4 is 10.6 Å². The van der Waals surface area contributed by atoms with E-state index in [1.54, 1.807) is 12.1 Å². The van der Waals surface area contributed by atoms with E-state index in [1.807, 2.05) is 0 Å². The number of esters is 1. The standard InChI is InChI=1S/C15H21ClN2O2/c1-9(2)13-5-4-6-18(13)14-11(15(19)20-3)7-10(17)8-12(14)16/h7-9,13H,4-6,17H2,1-3H3. The second kappa shape index (κ2) is 5.92. The Morgan fingerprint density at radius 1 is 1.50 bits per heavy atom. The van der Waals surface area contributed by atoms with Gasteiger partial charge in [-0.05, 0) is 30.9 Å². The molecule has 0 aromatic heterocycles. The lowest BCUT2D eigenvalue weighted by atomic mass is 10.0. The van der Waals surface area contributed by atoms with Gasteiger partial charge in [-0.2, -0.15) is 0 Å². The number of anilines is 2. The van der Waals surface area contributed by atoms with Crippen LogP contribution in [0.2, 0.25) is 5.02 Å². The Kier molecular flexibility index (Phi) is 4.43. The summed E-state index contributed by atoms with van der Waals surface area (Å²) < 4.78 is 4.86. The van der Waals surface area contributed by atoms with Crippen molar-refractivity contribution in [2.45, 2.75) is 32.7 Å². The summed E-state index contributed by atoms with van der Waals surface area (Å²) >= 11 is 6.36. The van der Waals surface area contributed by atoms with Crippen LogP contribution in [0.5, 0.6) is 0 Å². The van der Waals surface area contributed by atoms with E-state index in [2.05, 4.69) is 18.7 Å². The number of hydrogen-bond acceptors (Lipinski definition) is 4. The number of benzene rings is 1. The fourth-order valence-corrected chi connectivity index (χ4v) is 3.28. The van der Waals surface area contributed by atoms with E-state index in [0.717, 1.165) is 25.1 Å². The van der Waals surface area contributed by atoms with Gasteiger partial charge in [0, 0.05) is 18.3 Å². The van der Waals surface area contributed by atoms with Crippen molar-refractivity contribution in [3.63, 3.8) is 0 Å². The molecule has 1 atom stereocenters. The summed E-state index contributed by atoms with van der Waals surface area (Å²) in [4.78, 5) is 14.2. The molecule has 1 aromatic carbocycles. The molecule has 0 amide bonds. The second-order valence-electron chi connectivity index (χ2n) is 5.54. The first kappa shape index (κ1) is 15.0. The minimum absolute atomic E-state index is 0.388. The van der Waals surface area contributed by atoms with Gasteiger partial charge in [0.15, 0.2) is 0 Å². The third-order valence-corrected chi connectivity index (χ3v) is 4.14. The summed E-state index contributed by atoms with van der Waals surface area (Å²) in [6.07, 6.45) is 2.21. The topological polar surface area (TPSA) is 55.6 Å². The smallest absolute Gasteiger partial charge is 0.340 e. The van der Waals surface area contributed by atoms with E-state index in [4.69, 9.17) is 22.1 Å². The van der Waals surface area contributed by atoms with Gasteiger partial charge >= 0.3 is 5.97 Å². The number of carbonyl (C=O) groups excluding carboxylic acids is 1. The van der Waals surface area contributed by atoms with Crippen molar-refractivity contribution in [2.24, 2.45) is 5.92 Å². The fraction of sp³-hybridized carbons (Fsp3) is 0.533. The predicted octanol–water partition coefficient (Wildman–Crippen LogP) is 3.33. The molecule has 5 heteroatoms. The monoisotopic (exact) mass is 296 g/mol. The van der Waals surface area contributed by atoms with Crippen molar-refractivity contribution in [1.82, 2.24) is 0 Å². The zero-order chi connectivity index (χ0) is 14.9. The average Bonchev–Trinajstić information content (AvgIpc) is 2.85.